The number of benzene rings is 2. The van der Waals surface area contributed by atoms with Gasteiger partial charge in [-0.2, -0.15) is 0 Å². The molecule has 5 rings (SSSR count). The highest BCUT2D eigenvalue weighted by atomic mass is 32.2. The lowest BCUT2D eigenvalue weighted by Gasteiger charge is -2.32. The van der Waals surface area contributed by atoms with Gasteiger partial charge in [-0.25, -0.2) is 4.99 Å². The van der Waals surface area contributed by atoms with Crippen LogP contribution >= 0.6 is 11.8 Å². The van der Waals surface area contributed by atoms with Gasteiger partial charge < -0.3 is 4.90 Å². The van der Waals surface area contributed by atoms with Crippen molar-refractivity contribution in [3.8, 4) is 0 Å². The van der Waals surface area contributed by atoms with E-state index in [0.29, 0.717) is 6.04 Å². The lowest BCUT2D eigenvalue weighted by Crippen LogP contribution is -2.38. The van der Waals surface area contributed by atoms with Crippen molar-refractivity contribution < 1.29 is 0 Å². The van der Waals surface area contributed by atoms with E-state index in [4.69, 9.17) is 4.99 Å². The fraction of sp³-hybridized carbons (Fsp3) is 0.238. The zero-order valence-corrected chi connectivity index (χ0v) is 15.0. The van der Waals surface area contributed by atoms with Crippen LogP contribution in [0.1, 0.15) is 16.8 Å². The summed E-state index contributed by atoms with van der Waals surface area (Å²) < 4.78 is 0. The standard InChI is InChI=1S/C21H19N3S/c1-14-9-16-7-4-8-20(19(16)11-22-14)23-21-24-12-17-6-3-2-5-15(17)10-18(24)13-25-21/h2-9,11,18H,10,12-13H2,1H3. The minimum atomic E-state index is 0.564. The second kappa shape index (κ2) is 5.88. The normalized spacial score (nSPS) is 20.8. The van der Waals surface area contributed by atoms with E-state index in [1.54, 1.807) is 0 Å². The molecule has 0 aliphatic carbocycles. The molecule has 2 aliphatic heterocycles. The van der Waals surface area contributed by atoms with Crippen LogP contribution in [0, 0.1) is 6.92 Å². The monoisotopic (exact) mass is 345 g/mol. The van der Waals surface area contributed by atoms with Gasteiger partial charge in [0.15, 0.2) is 5.17 Å². The Hall–Kier alpha value is -2.33. The van der Waals surface area contributed by atoms with E-state index in [2.05, 4.69) is 58.4 Å². The molecule has 3 aromatic rings. The van der Waals surface area contributed by atoms with Gasteiger partial charge in [0.05, 0.1) is 5.69 Å². The first kappa shape index (κ1) is 15.0. The molecule has 25 heavy (non-hydrogen) atoms. The van der Waals surface area contributed by atoms with Crippen molar-refractivity contribution >= 4 is 33.4 Å². The van der Waals surface area contributed by atoms with Crippen molar-refractivity contribution in [2.45, 2.75) is 25.9 Å². The molecule has 1 saturated heterocycles. The maximum Gasteiger partial charge on any atom is 0.165 e. The maximum atomic E-state index is 5.04. The van der Waals surface area contributed by atoms with Gasteiger partial charge in [0, 0.05) is 35.6 Å². The lowest BCUT2D eigenvalue weighted by atomic mass is 9.95. The molecule has 0 N–H and O–H groups in total. The second-order valence-corrected chi connectivity index (χ2v) is 7.77. The summed E-state index contributed by atoms with van der Waals surface area (Å²) in [5.74, 6) is 1.12. The van der Waals surface area contributed by atoms with Crippen molar-refractivity contribution in [2.24, 2.45) is 4.99 Å². The Morgan fingerprint density at radius 3 is 2.92 bits per heavy atom. The van der Waals surface area contributed by atoms with Crippen molar-refractivity contribution in [3.63, 3.8) is 0 Å². The van der Waals surface area contributed by atoms with E-state index >= 15 is 0 Å². The highest BCUT2D eigenvalue weighted by Gasteiger charge is 2.34. The Balaban J connectivity index is 1.54. The van der Waals surface area contributed by atoms with Crippen molar-refractivity contribution in [2.75, 3.05) is 5.75 Å². The third kappa shape index (κ3) is 2.61. The largest absolute Gasteiger partial charge is 0.343 e. The van der Waals surface area contributed by atoms with Crippen LogP contribution in [0.5, 0.6) is 0 Å². The number of rotatable bonds is 1. The van der Waals surface area contributed by atoms with E-state index < -0.39 is 0 Å². The van der Waals surface area contributed by atoms with E-state index in [9.17, 15) is 0 Å². The number of aliphatic imine (C=N–C) groups is 1. The first-order valence-electron chi connectivity index (χ1n) is 8.68. The number of aromatic nitrogens is 1. The summed E-state index contributed by atoms with van der Waals surface area (Å²) in [5.41, 5.74) is 4.99. The number of amidine groups is 1. The molecule has 0 bridgehead atoms. The van der Waals surface area contributed by atoms with Gasteiger partial charge >= 0.3 is 0 Å². The van der Waals surface area contributed by atoms with Crippen LogP contribution in [-0.2, 0) is 13.0 Å². The summed E-state index contributed by atoms with van der Waals surface area (Å²) in [5, 5.41) is 3.48. The van der Waals surface area contributed by atoms with Gasteiger partial charge in [-0.05, 0) is 42.0 Å². The van der Waals surface area contributed by atoms with Crippen molar-refractivity contribution in [3.05, 3.63) is 71.5 Å². The van der Waals surface area contributed by atoms with Gasteiger partial charge in [-0.3, -0.25) is 4.98 Å². The molecular weight excluding hydrogens is 326 g/mol. The van der Waals surface area contributed by atoms with E-state index in [-0.39, 0.29) is 0 Å². The van der Waals surface area contributed by atoms with E-state index in [1.807, 2.05) is 24.9 Å². The van der Waals surface area contributed by atoms with E-state index in [0.717, 1.165) is 40.7 Å². The molecule has 2 aromatic carbocycles. The van der Waals surface area contributed by atoms with Crippen LogP contribution in [0.4, 0.5) is 5.69 Å². The molecule has 1 atom stereocenters. The number of hydrogen-bond acceptors (Lipinski definition) is 3. The van der Waals surface area contributed by atoms with Gasteiger partial charge in [-0.1, -0.05) is 48.2 Å². The minimum Gasteiger partial charge on any atom is -0.343 e. The Bertz CT molecular complexity index is 995. The number of aryl methyl sites for hydroxylation is 1. The molecule has 0 amide bonds. The molecule has 1 fully saturated rings. The Kier molecular flexibility index (Phi) is 3.52. The van der Waals surface area contributed by atoms with Crippen molar-refractivity contribution in [1.82, 2.24) is 9.88 Å². The van der Waals surface area contributed by atoms with E-state index in [1.165, 1.54) is 16.5 Å². The molecule has 3 heterocycles. The fourth-order valence-corrected chi connectivity index (χ4v) is 4.96. The highest BCUT2D eigenvalue weighted by molar-refractivity contribution is 8.14. The maximum absolute atomic E-state index is 5.04. The smallest absolute Gasteiger partial charge is 0.165 e. The van der Waals surface area contributed by atoms with Crippen molar-refractivity contribution in [1.29, 1.82) is 0 Å². The summed E-state index contributed by atoms with van der Waals surface area (Å²) in [6.45, 7) is 3.00. The molecule has 1 aromatic heterocycles. The van der Waals surface area contributed by atoms with Crippen LogP contribution in [0.25, 0.3) is 10.8 Å². The van der Waals surface area contributed by atoms with Crippen LogP contribution in [-0.4, -0.2) is 26.8 Å². The molecule has 124 valence electrons. The second-order valence-electron chi connectivity index (χ2n) is 6.78. The quantitative estimate of drug-likeness (QED) is 0.640. The highest BCUT2D eigenvalue weighted by Crippen LogP contribution is 2.36. The number of hydrogen-bond donors (Lipinski definition) is 0. The van der Waals surface area contributed by atoms with Gasteiger partial charge in [0.2, 0.25) is 0 Å². The van der Waals surface area contributed by atoms with Gasteiger partial charge in [0.25, 0.3) is 0 Å². The van der Waals surface area contributed by atoms with Crippen LogP contribution < -0.4 is 0 Å². The summed E-state index contributed by atoms with van der Waals surface area (Å²) in [4.78, 5) is 12.0. The Morgan fingerprint density at radius 1 is 1.12 bits per heavy atom. The average Bonchev–Trinajstić information content (AvgIpc) is 3.01. The molecular formula is C21H19N3S. The summed E-state index contributed by atoms with van der Waals surface area (Å²) in [7, 11) is 0. The predicted molar refractivity (Wildman–Crippen MR) is 106 cm³/mol. The topological polar surface area (TPSA) is 28.5 Å². The average molecular weight is 345 g/mol. The summed E-state index contributed by atoms with van der Waals surface area (Å²) in [6.07, 6.45) is 3.07. The first-order chi connectivity index (χ1) is 12.3. The number of nitrogens with zero attached hydrogens (tertiary/aromatic N) is 3. The first-order valence-corrected chi connectivity index (χ1v) is 9.67. The molecule has 0 saturated carbocycles. The number of thioether (sulfide) groups is 1. The molecule has 4 heteroatoms. The third-order valence-corrected chi connectivity index (χ3v) is 6.24. The number of pyridine rings is 1. The summed E-state index contributed by atoms with van der Waals surface area (Å²) >= 11 is 1.88. The number of fused-ring (bicyclic) bond motifs is 3. The Morgan fingerprint density at radius 2 is 2.00 bits per heavy atom. The van der Waals surface area contributed by atoms with Crippen LogP contribution in [0.2, 0.25) is 0 Å². The predicted octanol–water partition coefficient (Wildman–Crippen LogP) is 4.70. The van der Waals surface area contributed by atoms with Gasteiger partial charge in [0.1, 0.15) is 0 Å². The Labute approximate surface area is 151 Å². The zero-order chi connectivity index (χ0) is 16.8. The molecule has 0 radical (unpaired) electrons. The van der Waals surface area contributed by atoms with Gasteiger partial charge in [-0.15, -0.1) is 0 Å². The molecule has 2 aliphatic rings. The lowest BCUT2D eigenvalue weighted by molar-refractivity contribution is 0.320. The van der Waals surface area contributed by atoms with Crippen LogP contribution in [0.3, 0.4) is 0 Å². The molecule has 3 nitrogen and oxygen atoms in total. The zero-order valence-electron chi connectivity index (χ0n) is 14.1. The van der Waals surface area contributed by atoms with Crippen LogP contribution in [0.15, 0.2) is 59.7 Å². The molecule has 1 unspecified atom stereocenters. The third-order valence-electron chi connectivity index (χ3n) is 5.10. The molecule has 0 spiro atoms. The fourth-order valence-electron chi connectivity index (χ4n) is 3.78. The minimum absolute atomic E-state index is 0.564. The SMILES string of the molecule is Cc1cc2cccc(N=C3SCC4Cc5ccccc5CN34)c2cn1. The summed E-state index contributed by atoms with van der Waals surface area (Å²) in [6, 6.07) is 17.8.